The molecule has 0 aliphatic heterocycles. The molecule has 0 unspecified atom stereocenters. The lowest BCUT2D eigenvalue weighted by atomic mass is 10.1. The number of nitrogens with zero attached hydrogens (tertiary/aromatic N) is 5. The monoisotopic (exact) mass is 367 g/mol. The molecule has 0 aliphatic carbocycles. The minimum Gasteiger partial charge on any atom is -0.493 e. The van der Waals surface area contributed by atoms with Crippen LogP contribution in [0.5, 0.6) is 5.75 Å². The summed E-state index contributed by atoms with van der Waals surface area (Å²) in [7, 11) is 1.50. The Morgan fingerprint density at radius 1 is 1.19 bits per heavy atom. The van der Waals surface area contributed by atoms with Crippen molar-refractivity contribution in [2.45, 2.75) is 26.6 Å². The molecule has 0 aliphatic rings. The molecule has 138 valence electrons. The minimum atomic E-state index is -2.42. The van der Waals surface area contributed by atoms with Crippen LogP contribution in [0.1, 0.15) is 45.0 Å². The number of methoxy groups -OCH3 is 1. The van der Waals surface area contributed by atoms with Crippen LogP contribution >= 0.6 is 0 Å². The van der Waals surface area contributed by atoms with Crippen LogP contribution < -0.4 is 10.1 Å². The summed E-state index contributed by atoms with van der Waals surface area (Å²) in [4.78, 5) is 16.8. The van der Waals surface area contributed by atoms with Crippen molar-refractivity contribution in [3.8, 4) is 5.75 Å². The average molecular weight is 367 g/mol. The third-order valence-corrected chi connectivity index (χ3v) is 3.73. The summed E-state index contributed by atoms with van der Waals surface area (Å²) in [6.07, 6.45) is 1.24. The summed E-state index contributed by atoms with van der Waals surface area (Å²) in [5, 5.41) is 19.2. The van der Waals surface area contributed by atoms with E-state index in [0.717, 1.165) is 5.69 Å². The van der Waals surface area contributed by atoms with Gasteiger partial charge in [-0.05, 0) is 37.3 Å². The van der Waals surface area contributed by atoms with Gasteiger partial charge in [-0.25, -0.2) is 4.98 Å². The molecule has 3 aromatic heterocycles. The Hall–Kier alpha value is -3.42. The maximum absolute atomic E-state index is 12.6. The number of aromatic nitrogens is 5. The maximum Gasteiger partial charge on any atom is 0.184 e. The molecule has 8 nitrogen and oxygen atoms in total. The molecule has 0 radical (unpaired) electrons. The van der Waals surface area contributed by atoms with Gasteiger partial charge < -0.3 is 10.1 Å². The highest BCUT2D eigenvalue weighted by atomic mass is 16.5. The number of nitrogens with one attached hydrogen (secondary N) is 1. The fourth-order valence-electron chi connectivity index (χ4n) is 2.39. The van der Waals surface area contributed by atoms with E-state index in [1.165, 1.54) is 7.11 Å². The fraction of sp³-hybridized carbons (Fsp3) is 0.263. The van der Waals surface area contributed by atoms with E-state index in [4.69, 9.17) is 8.85 Å². The number of carbonyl (C=O) groups is 1. The van der Waals surface area contributed by atoms with Gasteiger partial charge >= 0.3 is 0 Å². The van der Waals surface area contributed by atoms with Gasteiger partial charge in [0.15, 0.2) is 23.0 Å². The van der Waals surface area contributed by atoms with Crippen molar-refractivity contribution in [3.63, 3.8) is 0 Å². The van der Waals surface area contributed by atoms with E-state index in [-0.39, 0.29) is 11.4 Å². The summed E-state index contributed by atoms with van der Waals surface area (Å²) in [5.74, 6) is 0.160. The van der Waals surface area contributed by atoms with Gasteiger partial charge in [0.05, 0.1) is 29.9 Å². The molecule has 0 amide bonds. The molecule has 27 heavy (non-hydrogen) atoms. The molecule has 0 bridgehead atoms. The zero-order valence-corrected chi connectivity index (χ0v) is 14.9. The number of carbonyl (C=O) groups excluding carboxylic acids is 1. The summed E-state index contributed by atoms with van der Waals surface area (Å²) in [6.45, 7) is -0.584. The minimum absolute atomic E-state index is 0.0856. The van der Waals surface area contributed by atoms with E-state index in [1.807, 2.05) is 19.1 Å². The van der Waals surface area contributed by atoms with Crippen LogP contribution in [0.25, 0.3) is 0 Å². The van der Waals surface area contributed by atoms with Gasteiger partial charge in [0.1, 0.15) is 0 Å². The normalized spacial score (nSPS) is 12.6. The number of ketones is 1. The highest BCUT2D eigenvalue weighted by Crippen LogP contribution is 2.27. The summed E-state index contributed by atoms with van der Waals surface area (Å²) in [5.41, 5.74) is 2.19. The molecule has 0 atom stereocenters. The third-order valence-electron chi connectivity index (χ3n) is 3.73. The Kier molecular flexibility index (Phi) is 4.53. The molecule has 0 spiro atoms. The summed E-state index contributed by atoms with van der Waals surface area (Å²) in [6, 6.07) is 8.69. The van der Waals surface area contributed by atoms with Crippen molar-refractivity contribution >= 4 is 17.3 Å². The lowest BCUT2D eigenvalue weighted by Crippen LogP contribution is -2.10. The van der Waals surface area contributed by atoms with Crippen molar-refractivity contribution < 1.29 is 13.6 Å². The van der Waals surface area contributed by atoms with E-state index in [2.05, 4.69) is 30.7 Å². The van der Waals surface area contributed by atoms with Gasteiger partial charge in [-0.2, -0.15) is 15.3 Å². The smallest absolute Gasteiger partial charge is 0.184 e. The van der Waals surface area contributed by atoms with Crippen LogP contribution in [0.3, 0.4) is 0 Å². The average Bonchev–Trinajstić information content (AvgIpc) is 2.69. The first-order valence-electron chi connectivity index (χ1n) is 9.70. The Labute approximate surface area is 161 Å². The standard InChI is InChI=1S/C19H20N6O2/c1-4-16(26)18-15(21-19-17(27-3)6-5-9-20-19)11-14(24-25-18)10-13-8-7-12(2)22-23-13/h5-9,11H,4,10H2,1-3H3,(H,20,21,24)/i1D3. The Balaban J connectivity index is 1.97. The van der Waals surface area contributed by atoms with E-state index in [0.29, 0.717) is 29.4 Å². The molecule has 3 aromatic rings. The molecule has 1 N–H and O–H groups in total. The number of aryl methyl sites for hydroxylation is 1. The second-order valence-electron chi connectivity index (χ2n) is 5.72. The van der Waals surface area contributed by atoms with Crippen molar-refractivity contribution in [2.24, 2.45) is 0 Å². The van der Waals surface area contributed by atoms with Crippen LogP contribution in [0.4, 0.5) is 11.5 Å². The largest absolute Gasteiger partial charge is 0.493 e. The van der Waals surface area contributed by atoms with Gasteiger partial charge in [0.2, 0.25) is 0 Å². The van der Waals surface area contributed by atoms with Gasteiger partial charge in [-0.1, -0.05) is 6.85 Å². The first-order valence-corrected chi connectivity index (χ1v) is 8.20. The maximum atomic E-state index is 12.6. The van der Waals surface area contributed by atoms with Crippen LogP contribution in [-0.4, -0.2) is 38.3 Å². The zero-order valence-electron chi connectivity index (χ0n) is 17.9. The van der Waals surface area contributed by atoms with Gasteiger partial charge in [-0.15, -0.1) is 5.10 Å². The fourth-order valence-corrected chi connectivity index (χ4v) is 2.39. The number of ether oxygens (including phenoxy) is 1. The first-order chi connectivity index (χ1) is 14.2. The van der Waals surface area contributed by atoms with E-state index in [9.17, 15) is 4.79 Å². The van der Waals surface area contributed by atoms with Crippen LogP contribution in [0.2, 0.25) is 0 Å². The molecule has 3 rings (SSSR count). The number of rotatable bonds is 7. The molecule has 0 saturated heterocycles. The lowest BCUT2D eigenvalue weighted by molar-refractivity contribution is 0.0983. The molecule has 0 fully saturated rings. The van der Waals surface area contributed by atoms with Crippen molar-refractivity contribution in [1.82, 2.24) is 25.4 Å². The predicted octanol–water partition coefficient (Wildman–Crippen LogP) is 2.91. The van der Waals surface area contributed by atoms with Crippen LogP contribution in [-0.2, 0) is 6.42 Å². The quantitative estimate of drug-likeness (QED) is 0.636. The summed E-state index contributed by atoms with van der Waals surface area (Å²) < 4.78 is 27.4. The Morgan fingerprint density at radius 2 is 2.04 bits per heavy atom. The topological polar surface area (TPSA) is 103 Å². The van der Waals surface area contributed by atoms with Crippen LogP contribution in [0, 0.1) is 6.92 Å². The highest BCUT2D eigenvalue weighted by Gasteiger charge is 2.16. The van der Waals surface area contributed by atoms with Crippen molar-refractivity contribution in [2.75, 3.05) is 12.4 Å². The number of hydrogen-bond donors (Lipinski definition) is 1. The van der Waals surface area contributed by atoms with Crippen LogP contribution in [0.15, 0.2) is 36.5 Å². The second kappa shape index (κ2) is 8.31. The van der Waals surface area contributed by atoms with E-state index in [1.54, 1.807) is 24.4 Å². The number of Topliss-reactive ketones (excluding diaryl/α,β-unsaturated/α-hetero) is 1. The van der Waals surface area contributed by atoms with Gasteiger partial charge in [0, 0.05) is 23.2 Å². The Morgan fingerprint density at radius 3 is 2.78 bits per heavy atom. The molecular weight excluding hydrogens is 344 g/mol. The molecular formula is C19H20N6O2. The zero-order chi connectivity index (χ0) is 21.7. The highest BCUT2D eigenvalue weighted by molar-refractivity contribution is 5.99. The van der Waals surface area contributed by atoms with E-state index < -0.39 is 19.1 Å². The van der Waals surface area contributed by atoms with Crippen molar-refractivity contribution in [3.05, 3.63) is 59.3 Å². The molecule has 3 heterocycles. The second-order valence-corrected chi connectivity index (χ2v) is 5.72. The van der Waals surface area contributed by atoms with Crippen molar-refractivity contribution in [1.29, 1.82) is 0 Å². The first kappa shape index (κ1) is 14.7. The predicted molar refractivity (Wildman–Crippen MR) is 100 cm³/mol. The number of pyridine rings is 1. The lowest BCUT2D eigenvalue weighted by Gasteiger charge is -2.13. The van der Waals surface area contributed by atoms with Gasteiger partial charge in [0.25, 0.3) is 0 Å². The summed E-state index contributed by atoms with van der Waals surface area (Å²) >= 11 is 0. The third kappa shape index (κ3) is 4.41. The molecule has 0 aromatic carbocycles. The SMILES string of the molecule is [2H]C([2H])([2H])CC(=O)c1nnc(Cc2ccc(C)nn2)cc1Nc1ncccc1OC. The molecule has 8 heteroatoms. The van der Waals surface area contributed by atoms with Gasteiger partial charge in [-0.3, -0.25) is 4.79 Å². The number of anilines is 2. The number of hydrogen-bond acceptors (Lipinski definition) is 8. The van der Waals surface area contributed by atoms with E-state index >= 15 is 0 Å². The Bertz CT molecular complexity index is 1040. The molecule has 0 saturated carbocycles.